The molecule has 29 heavy (non-hydrogen) atoms. The van der Waals surface area contributed by atoms with Crippen molar-refractivity contribution in [1.29, 1.82) is 0 Å². The maximum absolute atomic E-state index is 13.6. The highest BCUT2D eigenvalue weighted by Gasteiger charge is 2.55. The molecular weight excluding hydrogens is 380 g/mol. The molecule has 3 aliphatic rings. The quantitative estimate of drug-likeness (QED) is 0.761. The van der Waals surface area contributed by atoms with Crippen LogP contribution >= 0.6 is 0 Å². The Morgan fingerprint density at radius 1 is 1.21 bits per heavy atom. The Morgan fingerprint density at radius 3 is 2.55 bits per heavy atom. The Balaban J connectivity index is 1.36. The summed E-state index contributed by atoms with van der Waals surface area (Å²) in [7, 11) is 0. The van der Waals surface area contributed by atoms with E-state index in [0.29, 0.717) is 31.7 Å². The Kier molecular flexibility index (Phi) is 5.04. The lowest BCUT2D eigenvalue weighted by molar-refractivity contribution is -0.133. The fourth-order valence-corrected chi connectivity index (χ4v) is 4.67. The molecular formula is C21H25F2N3O3. The van der Waals surface area contributed by atoms with Gasteiger partial charge in [-0.2, -0.15) is 0 Å². The van der Waals surface area contributed by atoms with E-state index in [4.69, 9.17) is 0 Å². The molecule has 156 valence electrons. The van der Waals surface area contributed by atoms with Gasteiger partial charge in [0.1, 0.15) is 5.54 Å². The molecule has 2 aliphatic heterocycles. The van der Waals surface area contributed by atoms with Crippen LogP contribution in [0.1, 0.15) is 39.0 Å². The predicted molar refractivity (Wildman–Crippen MR) is 102 cm³/mol. The number of nitrogens with one attached hydrogen (secondary N) is 1. The van der Waals surface area contributed by atoms with Crippen LogP contribution in [0.3, 0.4) is 0 Å². The number of Topliss-reactive ketones (excluding diaryl/α,β-unsaturated/α-hetero) is 1. The van der Waals surface area contributed by atoms with Gasteiger partial charge >= 0.3 is 0 Å². The van der Waals surface area contributed by atoms with Crippen LogP contribution in [-0.4, -0.2) is 53.7 Å². The number of piperazine rings is 1. The maximum atomic E-state index is 13.6. The smallest absolute Gasteiger partial charge is 0.228 e. The summed E-state index contributed by atoms with van der Waals surface area (Å²) in [5.41, 5.74) is -0.262. The first-order chi connectivity index (χ1) is 13.8. The molecule has 1 aromatic rings. The molecule has 4 rings (SSSR count). The van der Waals surface area contributed by atoms with Crippen LogP contribution in [-0.2, 0) is 14.4 Å². The lowest BCUT2D eigenvalue weighted by atomic mass is 9.85. The molecule has 1 N–H and O–H groups in total. The monoisotopic (exact) mass is 405 g/mol. The molecule has 1 aliphatic carbocycles. The van der Waals surface area contributed by atoms with Crippen LogP contribution in [0.4, 0.5) is 14.5 Å². The molecule has 0 radical (unpaired) electrons. The summed E-state index contributed by atoms with van der Waals surface area (Å²) in [6.07, 6.45) is 2.28. The third-order valence-corrected chi connectivity index (χ3v) is 6.40. The Labute approximate surface area is 168 Å². The fourth-order valence-electron chi connectivity index (χ4n) is 4.67. The van der Waals surface area contributed by atoms with Crippen molar-refractivity contribution in [2.45, 2.75) is 50.6 Å². The van der Waals surface area contributed by atoms with Gasteiger partial charge in [0.25, 0.3) is 0 Å². The number of ketones is 1. The molecule has 1 unspecified atom stereocenters. The highest BCUT2D eigenvalue weighted by Crippen LogP contribution is 2.45. The van der Waals surface area contributed by atoms with E-state index in [9.17, 15) is 23.2 Å². The van der Waals surface area contributed by atoms with Gasteiger partial charge in [0.2, 0.25) is 11.8 Å². The van der Waals surface area contributed by atoms with Crippen molar-refractivity contribution < 1.29 is 23.2 Å². The highest BCUT2D eigenvalue weighted by atomic mass is 19.2. The summed E-state index contributed by atoms with van der Waals surface area (Å²) in [6, 6.07) is 3.78. The molecule has 0 aromatic heterocycles. The minimum Gasteiger partial charge on any atom is -0.365 e. The first-order valence-electron chi connectivity index (χ1n) is 10.1. The second-order valence-electron chi connectivity index (χ2n) is 8.37. The van der Waals surface area contributed by atoms with Gasteiger partial charge in [0.15, 0.2) is 17.4 Å². The molecule has 2 heterocycles. The summed E-state index contributed by atoms with van der Waals surface area (Å²) in [6.45, 7) is 3.39. The summed E-state index contributed by atoms with van der Waals surface area (Å²) in [5.74, 6) is -2.00. The highest BCUT2D eigenvalue weighted by molar-refractivity contribution is 6.10. The number of hydrogen-bond acceptors (Lipinski definition) is 4. The number of halogens is 2. The van der Waals surface area contributed by atoms with Crippen LogP contribution in [0.2, 0.25) is 0 Å². The lowest BCUT2D eigenvalue weighted by Gasteiger charge is -2.41. The van der Waals surface area contributed by atoms with Gasteiger partial charge in [-0.3, -0.25) is 14.4 Å². The zero-order valence-corrected chi connectivity index (χ0v) is 16.4. The van der Waals surface area contributed by atoms with Crippen LogP contribution in [0.5, 0.6) is 0 Å². The second kappa shape index (κ2) is 7.39. The number of rotatable bonds is 5. The van der Waals surface area contributed by atoms with Crippen molar-refractivity contribution in [2.24, 2.45) is 5.92 Å². The molecule has 2 saturated heterocycles. The average Bonchev–Trinajstić information content (AvgIpc) is 3.48. The third-order valence-electron chi connectivity index (χ3n) is 6.40. The third kappa shape index (κ3) is 3.72. The van der Waals surface area contributed by atoms with E-state index in [0.717, 1.165) is 18.9 Å². The van der Waals surface area contributed by atoms with Gasteiger partial charge in [-0.25, -0.2) is 8.78 Å². The largest absolute Gasteiger partial charge is 0.365 e. The van der Waals surface area contributed by atoms with Crippen molar-refractivity contribution >= 4 is 23.3 Å². The van der Waals surface area contributed by atoms with Gasteiger partial charge in [-0.15, -0.1) is 0 Å². The van der Waals surface area contributed by atoms with Crippen LogP contribution in [0, 0.1) is 17.6 Å². The number of carbonyl (C=O) groups excluding carboxylic acids is 3. The molecule has 2 amide bonds. The van der Waals surface area contributed by atoms with E-state index in [1.165, 1.54) is 6.07 Å². The zero-order valence-electron chi connectivity index (χ0n) is 16.4. The SMILES string of the molecule is C[C@H]1CN(C(=O)CCC2(C3CC3)NC(=O)CC2=O)CCN1c1ccc(F)c(F)c1. The first-order valence-corrected chi connectivity index (χ1v) is 10.1. The number of anilines is 1. The molecule has 6 nitrogen and oxygen atoms in total. The number of hydrogen-bond donors (Lipinski definition) is 1. The maximum Gasteiger partial charge on any atom is 0.228 e. The standard InChI is InChI=1S/C21H25F2N3O3/c1-13-12-25(8-9-26(13)15-4-5-16(22)17(23)10-15)20(29)6-7-21(14-2-3-14)18(27)11-19(28)24-21/h4-5,10,13-14H,2-3,6-9,11-12H2,1H3,(H,24,28)/t13-,21?/m0/s1. The Morgan fingerprint density at radius 2 is 1.97 bits per heavy atom. The summed E-state index contributed by atoms with van der Waals surface area (Å²) < 4.78 is 26.7. The van der Waals surface area contributed by atoms with E-state index >= 15 is 0 Å². The molecule has 0 spiro atoms. The lowest BCUT2D eigenvalue weighted by Crippen LogP contribution is -2.54. The van der Waals surface area contributed by atoms with Gasteiger partial charge < -0.3 is 15.1 Å². The number of benzene rings is 1. The van der Waals surface area contributed by atoms with E-state index in [1.54, 1.807) is 11.0 Å². The van der Waals surface area contributed by atoms with E-state index < -0.39 is 17.2 Å². The van der Waals surface area contributed by atoms with Gasteiger partial charge in [-0.1, -0.05) is 0 Å². The van der Waals surface area contributed by atoms with Crippen molar-refractivity contribution in [3.63, 3.8) is 0 Å². The van der Waals surface area contributed by atoms with Crippen molar-refractivity contribution in [2.75, 3.05) is 24.5 Å². The van der Waals surface area contributed by atoms with Gasteiger partial charge in [-0.05, 0) is 44.2 Å². The second-order valence-corrected chi connectivity index (χ2v) is 8.37. The van der Waals surface area contributed by atoms with Gasteiger partial charge in [0.05, 0.1) is 6.42 Å². The number of nitrogens with zero attached hydrogens (tertiary/aromatic N) is 2. The molecule has 3 fully saturated rings. The molecule has 1 aromatic carbocycles. The van der Waals surface area contributed by atoms with E-state index in [1.807, 2.05) is 11.8 Å². The Hall–Kier alpha value is -2.51. The minimum absolute atomic E-state index is 0.0456. The minimum atomic E-state index is -0.887. The average molecular weight is 405 g/mol. The molecule has 2 atom stereocenters. The van der Waals surface area contributed by atoms with Crippen LogP contribution < -0.4 is 10.2 Å². The number of carbonyl (C=O) groups is 3. The van der Waals surface area contributed by atoms with Crippen LogP contribution in [0.25, 0.3) is 0 Å². The fraction of sp³-hybridized carbons (Fsp3) is 0.571. The zero-order chi connectivity index (χ0) is 20.8. The molecule has 0 bridgehead atoms. The summed E-state index contributed by atoms with van der Waals surface area (Å²) in [4.78, 5) is 40.6. The number of amides is 2. The predicted octanol–water partition coefficient (Wildman–Crippen LogP) is 2.02. The van der Waals surface area contributed by atoms with Crippen molar-refractivity contribution in [3.05, 3.63) is 29.8 Å². The van der Waals surface area contributed by atoms with E-state index in [-0.39, 0.29) is 42.4 Å². The topological polar surface area (TPSA) is 69.7 Å². The van der Waals surface area contributed by atoms with E-state index in [2.05, 4.69) is 5.32 Å². The Bertz CT molecular complexity index is 858. The first kappa shape index (κ1) is 19.8. The van der Waals surface area contributed by atoms with Gasteiger partial charge in [0, 0.05) is 43.9 Å². The molecule has 8 heteroatoms. The van der Waals surface area contributed by atoms with Crippen molar-refractivity contribution in [1.82, 2.24) is 10.2 Å². The van der Waals surface area contributed by atoms with Crippen LogP contribution in [0.15, 0.2) is 18.2 Å². The summed E-state index contributed by atoms with van der Waals surface area (Å²) >= 11 is 0. The summed E-state index contributed by atoms with van der Waals surface area (Å²) in [5, 5.41) is 2.85. The molecule has 1 saturated carbocycles. The van der Waals surface area contributed by atoms with Crippen molar-refractivity contribution in [3.8, 4) is 0 Å². The normalized spacial score (nSPS) is 27.3.